The highest BCUT2D eigenvalue weighted by Crippen LogP contribution is 2.31. The number of nitro groups is 1. The number of aromatic amines is 1. The van der Waals surface area contributed by atoms with Crippen LogP contribution in [0.4, 0.5) is 11.4 Å². The Morgan fingerprint density at radius 1 is 1.45 bits per heavy atom. The van der Waals surface area contributed by atoms with Crippen molar-refractivity contribution < 1.29 is 13.3 Å². The molecule has 0 bridgehead atoms. The van der Waals surface area contributed by atoms with Crippen LogP contribution in [-0.4, -0.2) is 23.5 Å². The zero-order valence-electron chi connectivity index (χ0n) is 10.1. The number of nitrogens with zero attached hydrogens (tertiary/aromatic N) is 2. The molecule has 8 nitrogen and oxygen atoms in total. The van der Waals surface area contributed by atoms with Crippen molar-refractivity contribution in [3.8, 4) is 0 Å². The van der Waals surface area contributed by atoms with Crippen LogP contribution >= 0.6 is 15.9 Å². The lowest BCUT2D eigenvalue weighted by atomic mass is 10.2. The molecule has 2 aromatic rings. The van der Waals surface area contributed by atoms with Crippen molar-refractivity contribution in [2.45, 2.75) is 11.8 Å². The number of aryl methyl sites for hydroxylation is 1. The molecule has 0 aliphatic rings. The summed E-state index contributed by atoms with van der Waals surface area (Å²) >= 11 is 3.17. The first-order valence-electron chi connectivity index (χ1n) is 5.27. The van der Waals surface area contributed by atoms with Gasteiger partial charge in [-0.2, -0.15) is 5.10 Å². The maximum absolute atomic E-state index is 12.0. The van der Waals surface area contributed by atoms with Crippen molar-refractivity contribution in [3.63, 3.8) is 0 Å². The largest absolute Gasteiger partial charge is 0.284 e. The molecule has 0 amide bonds. The van der Waals surface area contributed by atoms with Crippen LogP contribution in [0, 0.1) is 17.0 Å². The number of anilines is 1. The molecule has 0 saturated carbocycles. The van der Waals surface area contributed by atoms with Gasteiger partial charge >= 0.3 is 0 Å². The fourth-order valence-electron chi connectivity index (χ4n) is 1.53. The van der Waals surface area contributed by atoms with Crippen LogP contribution in [0.3, 0.4) is 0 Å². The van der Waals surface area contributed by atoms with Crippen LogP contribution in [-0.2, 0) is 10.0 Å². The second-order valence-electron chi connectivity index (χ2n) is 3.92. The predicted octanol–water partition coefficient (Wildman–Crippen LogP) is 2.19. The summed E-state index contributed by atoms with van der Waals surface area (Å²) < 4.78 is 26.7. The Bertz CT molecular complexity index is 758. The Morgan fingerprint density at radius 2 is 2.15 bits per heavy atom. The highest BCUT2D eigenvalue weighted by Gasteiger charge is 2.20. The van der Waals surface area contributed by atoms with E-state index < -0.39 is 14.9 Å². The zero-order valence-corrected chi connectivity index (χ0v) is 12.5. The number of aromatic nitrogens is 2. The van der Waals surface area contributed by atoms with Crippen LogP contribution in [0.25, 0.3) is 0 Å². The number of H-pyrrole nitrogens is 1. The molecule has 1 aromatic carbocycles. The number of halogens is 1. The normalized spacial score (nSPS) is 11.3. The minimum atomic E-state index is -3.84. The summed E-state index contributed by atoms with van der Waals surface area (Å²) in [6.45, 7) is 1.57. The Morgan fingerprint density at radius 3 is 2.70 bits per heavy atom. The Hall–Kier alpha value is -1.94. The van der Waals surface area contributed by atoms with Gasteiger partial charge in [-0.3, -0.25) is 19.9 Å². The maximum Gasteiger partial charge on any atom is 0.274 e. The van der Waals surface area contributed by atoms with E-state index in [2.05, 4.69) is 30.8 Å². The molecule has 0 aliphatic heterocycles. The van der Waals surface area contributed by atoms with Crippen LogP contribution in [0.2, 0.25) is 0 Å². The van der Waals surface area contributed by atoms with Crippen molar-refractivity contribution >= 4 is 37.3 Å². The summed E-state index contributed by atoms with van der Waals surface area (Å²) in [5.41, 5.74) is 0.342. The van der Waals surface area contributed by atoms with Gasteiger partial charge in [0.15, 0.2) is 0 Å². The number of nitrogens with one attached hydrogen (secondary N) is 2. The van der Waals surface area contributed by atoms with E-state index in [0.717, 1.165) is 12.3 Å². The van der Waals surface area contributed by atoms with Crippen LogP contribution in [0.5, 0.6) is 0 Å². The number of sulfonamides is 1. The first kappa shape index (κ1) is 14.5. The third kappa shape index (κ3) is 2.80. The minimum Gasteiger partial charge on any atom is -0.284 e. The molecular weight excluding hydrogens is 352 g/mol. The van der Waals surface area contributed by atoms with Gasteiger partial charge < -0.3 is 0 Å². The van der Waals surface area contributed by atoms with Gasteiger partial charge in [0, 0.05) is 22.3 Å². The molecule has 0 aliphatic carbocycles. The Balaban J connectivity index is 2.44. The molecule has 0 unspecified atom stereocenters. The van der Waals surface area contributed by atoms with E-state index in [9.17, 15) is 18.5 Å². The second kappa shape index (κ2) is 5.21. The molecule has 1 heterocycles. The summed E-state index contributed by atoms with van der Waals surface area (Å²) in [5.74, 6) is 0. The van der Waals surface area contributed by atoms with E-state index in [4.69, 9.17) is 0 Å². The average Bonchev–Trinajstić information content (AvgIpc) is 2.86. The summed E-state index contributed by atoms with van der Waals surface area (Å²) in [6.07, 6.45) is 2.34. The van der Waals surface area contributed by atoms with Gasteiger partial charge in [0.05, 0.1) is 16.8 Å². The molecule has 0 atom stereocenters. The third-order valence-corrected chi connectivity index (χ3v) is 4.50. The zero-order chi connectivity index (χ0) is 14.9. The van der Waals surface area contributed by atoms with Gasteiger partial charge in [0.2, 0.25) is 0 Å². The molecule has 0 saturated heterocycles. The summed E-state index contributed by atoms with van der Waals surface area (Å²) in [4.78, 5) is 10.2. The van der Waals surface area contributed by atoms with Crippen LogP contribution in [0.15, 0.2) is 33.9 Å². The van der Waals surface area contributed by atoms with Crippen molar-refractivity contribution in [3.05, 3.63) is 44.7 Å². The molecule has 10 heteroatoms. The van der Waals surface area contributed by atoms with Crippen molar-refractivity contribution in [2.75, 3.05) is 4.72 Å². The predicted molar refractivity (Wildman–Crippen MR) is 74.9 cm³/mol. The Kier molecular flexibility index (Phi) is 3.77. The van der Waals surface area contributed by atoms with E-state index in [0.29, 0.717) is 10.0 Å². The van der Waals surface area contributed by atoms with Crippen LogP contribution < -0.4 is 4.72 Å². The first-order chi connectivity index (χ1) is 9.31. The van der Waals surface area contributed by atoms with Gasteiger partial charge in [-0.15, -0.1) is 0 Å². The number of rotatable bonds is 4. The first-order valence-corrected chi connectivity index (χ1v) is 7.55. The van der Waals surface area contributed by atoms with Crippen molar-refractivity contribution in [1.82, 2.24) is 10.2 Å². The van der Waals surface area contributed by atoms with Gasteiger partial charge in [0.25, 0.3) is 15.7 Å². The lowest BCUT2D eigenvalue weighted by molar-refractivity contribution is -0.385. The maximum atomic E-state index is 12.0. The van der Waals surface area contributed by atoms with Gasteiger partial charge in [-0.1, -0.05) is 0 Å². The van der Waals surface area contributed by atoms with E-state index in [1.165, 1.54) is 12.3 Å². The standard InChI is InChI=1S/C10H9BrN4O4S/c1-6-2-8(11)9(3-10(6)15(16)17)14-20(18,19)7-4-12-13-5-7/h2-5,14H,1H3,(H,12,13). The van der Waals surface area contributed by atoms with Gasteiger partial charge in [-0.05, 0) is 28.9 Å². The highest BCUT2D eigenvalue weighted by atomic mass is 79.9. The number of hydrogen-bond acceptors (Lipinski definition) is 5. The van der Waals surface area contributed by atoms with Gasteiger partial charge in [-0.25, -0.2) is 8.42 Å². The fraction of sp³-hybridized carbons (Fsp3) is 0.100. The molecule has 1 aromatic heterocycles. The molecule has 20 heavy (non-hydrogen) atoms. The molecule has 0 fully saturated rings. The second-order valence-corrected chi connectivity index (χ2v) is 6.45. The number of benzene rings is 1. The topological polar surface area (TPSA) is 118 Å². The number of hydrogen-bond donors (Lipinski definition) is 2. The lowest BCUT2D eigenvalue weighted by Crippen LogP contribution is -2.13. The average molecular weight is 361 g/mol. The minimum absolute atomic E-state index is 0.0624. The Labute approximate surface area is 122 Å². The SMILES string of the molecule is Cc1cc(Br)c(NS(=O)(=O)c2cn[nH]c2)cc1[N+](=O)[O-]. The number of nitro benzene ring substituents is 1. The van der Waals surface area contributed by atoms with E-state index in [1.807, 2.05) is 0 Å². The molecule has 0 spiro atoms. The lowest BCUT2D eigenvalue weighted by Gasteiger charge is -2.09. The quantitative estimate of drug-likeness (QED) is 0.639. The van der Waals surface area contributed by atoms with E-state index >= 15 is 0 Å². The van der Waals surface area contributed by atoms with E-state index in [-0.39, 0.29) is 16.3 Å². The van der Waals surface area contributed by atoms with Crippen molar-refractivity contribution in [1.29, 1.82) is 0 Å². The van der Waals surface area contributed by atoms with Gasteiger partial charge in [0.1, 0.15) is 4.90 Å². The summed E-state index contributed by atoms with van der Waals surface area (Å²) in [7, 11) is -3.84. The van der Waals surface area contributed by atoms with Crippen LogP contribution in [0.1, 0.15) is 5.56 Å². The summed E-state index contributed by atoms with van der Waals surface area (Å²) in [6, 6.07) is 2.64. The summed E-state index contributed by atoms with van der Waals surface area (Å²) in [5, 5.41) is 16.8. The molecule has 2 N–H and O–H groups in total. The van der Waals surface area contributed by atoms with Crippen molar-refractivity contribution in [2.24, 2.45) is 0 Å². The molecule has 106 valence electrons. The van der Waals surface area contributed by atoms with E-state index in [1.54, 1.807) is 6.92 Å². The monoisotopic (exact) mass is 360 g/mol. The molecular formula is C10H9BrN4O4S. The fourth-order valence-corrected chi connectivity index (χ4v) is 3.19. The highest BCUT2D eigenvalue weighted by molar-refractivity contribution is 9.10. The molecule has 2 rings (SSSR count). The molecule has 0 radical (unpaired) electrons. The smallest absolute Gasteiger partial charge is 0.274 e. The third-order valence-electron chi connectivity index (χ3n) is 2.51.